The second-order valence-electron chi connectivity index (χ2n) is 3.87. The Labute approximate surface area is 90.2 Å². The van der Waals surface area contributed by atoms with Gasteiger partial charge in [0, 0.05) is 12.1 Å². The molecule has 0 aromatic heterocycles. The molecule has 1 aromatic carbocycles. The van der Waals surface area contributed by atoms with E-state index in [0.29, 0.717) is 6.54 Å². The number of carbonyl (C=O) groups excluding carboxylic acids is 1. The Morgan fingerprint density at radius 2 is 2.00 bits per heavy atom. The van der Waals surface area contributed by atoms with Crippen LogP contribution in [-0.4, -0.2) is 16.8 Å². The predicted octanol–water partition coefficient (Wildman–Crippen LogP) is 2.36. The molecule has 15 heavy (non-hydrogen) atoms. The molecule has 2 rings (SSSR count). The Kier molecular flexibility index (Phi) is 2.58. The summed E-state index contributed by atoms with van der Waals surface area (Å²) in [6, 6.07) is 10.3. The second-order valence-corrected chi connectivity index (χ2v) is 3.87. The van der Waals surface area contributed by atoms with Crippen molar-refractivity contribution in [2.24, 2.45) is 0 Å². The van der Waals surface area contributed by atoms with E-state index in [1.165, 1.54) is 5.56 Å². The summed E-state index contributed by atoms with van der Waals surface area (Å²) in [6.07, 6.45) is 0.956. The van der Waals surface area contributed by atoms with Crippen molar-refractivity contribution >= 4 is 5.91 Å². The first-order valence-electron chi connectivity index (χ1n) is 5.27. The first kappa shape index (κ1) is 9.97. The van der Waals surface area contributed by atoms with Crippen LogP contribution >= 0.6 is 0 Å². The maximum Gasteiger partial charge on any atom is 0.252 e. The molecule has 1 amide bonds. The van der Waals surface area contributed by atoms with Gasteiger partial charge in [-0.15, -0.1) is 0 Å². The van der Waals surface area contributed by atoms with Crippen LogP contribution in [-0.2, 0) is 11.3 Å². The summed E-state index contributed by atoms with van der Waals surface area (Å²) >= 11 is 0. The molecule has 78 valence electrons. The fourth-order valence-electron chi connectivity index (χ4n) is 2.02. The van der Waals surface area contributed by atoms with E-state index in [2.05, 4.69) is 13.5 Å². The van der Waals surface area contributed by atoms with Crippen LogP contribution in [0.4, 0.5) is 0 Å². The van der Waals surface area contributed by atoms with Crippen molar-refractivity contribution in [1.82, 2.24) is 4.90 Å². The van der Waals surface area contributed by atoms with Gasteiger partial charge in [-0.1, -0.05) is 43.8 Å². The van der Waals surface area contributed by atoms with Gasteiger partial charge in [-0.25, -0.2) is 0 Å². The molecule has 0 spiro atoms. The average Bonchev–Trinajstić information content (AvgIpc) is 2.29. The highest BCUT2D eigenvalue weighted by atomic mass is 16.2. The van der Waals surface area contributed by atoms with Crippen LogP contribution in [0.2, 0.25) is 0 Å². The van der Waals surface area contributed by atoms with Crippen LogP contribution in [0.1, 0.15) is 18.9 Å². The maximum atomic E-state index is 11.6. The van der Waals surface area contributed by atoms with Gasteiger partial charge < -0.3 is 4.90 Å². The Bertz CT molecular complexity index is 383. The lowest BCUT2D eigenvalue weighted by atomic mass is 9.93. The zero-order valence-corrected chi connectivity index (χ0v) is 8.94. The Hall–Kier alpha value is -1.57. The van der Waals surface area contributed by atoms with Gasteiger partial charge in [0.1, 0.15) is 0 Å². The van der Waals surface area contributed by atoms with Crippen molar-refractivity contribution < 1.29 is 4.79 Å². The molecular weight excluding hydrogens is 186 g/mol. The monoisotopic (exact) mass is 201 g/mol. The van der Waals surface area contributed by atoms with Gasteiger partial charge in [0.2, 0.25) is 0 Å². The van der Waals surface area contributed by atoms with Gasteiger partial charge in [0.05, 0.1) is 6.04 Å². The minimum Gasteiger partial charge on any atom is -0.327 e. The molecule has 1 aromatic rings. The van der Waals surface area contributed by atoms with Gasteiger partial charge in [0.15, 0.2) is 0 Å². The first-order chi connectivity index (χ1) is 7.24. The standard InChI is InChI=1S/C13H15NO/c1-3-12-10(2)13(15)14(12)9-11-7-5-4-6-8-11/h4-8,12H,2-3,9H2,1H3/t12-/m1/s1. The summed E-state index contributed by atoms with van der Waals surface area (Å²) in [6.45, 7) is 6.58. The number of β-lactam (4-membered cyclic amide) rings is 1. The number of hydrogen-bond acceptors (Lipinski definition) is 1. The van der Waals surface area contributed by atoms with Crippen molar-refractivity contribution in [3.8, 4) is 0 Å². The summed E-state index contributed by atoms with van der Waals surface area (Å²) in [5.74, 6) is 0.103. The Morgan fingerprint density at radius 1 is 1.33 bits per heavy atom. The first-order valence-corrected chi connectivity index (χ1v) is 5.27. The molecule has 0 N–H and O–H groups in total. The van der Waals surface area contributed by atoms with Gasteiger partial charge in [-0.05, 0) is 12.0 Å². The molecule has 1 atom stereocenters. The van der Waals surface area contributed by atoms with Crippen molar-refractivity contribution in [3.05, 3.63) is 48.0 Å². The summed E-state index contributed by atoms with van der Waals surface area (Å²) in [5, 5.41) is 0. The molecule has 1 aliphatic heterocycles. The lowest BCUT2D eigenvalue weighted by Crippen LogP contribution is -2.53. The van der Waals surface area contributed by atoms with Gasteiger partial charge in [-0.2, -0.15) is 0 Å². The van der Waals surface area contributed by atoms with E-state index in [-0.39, 0.29) is 11.9 Å². The third kappa shape index (κ3) is 1.67. The number of benzene rings is 1. The summed E-state index contributed by atoms with van der Waals surface area (Å²) in [7, 11) is 0. The number of likely N-dealkylation sites (tertiary alicyclic amines) is 1. The largest absolute Gasteiger partial charge is 0.327 e. The maximum absolute atomic E-state index is 11.6. The molecular formula is C13H15NO. The number of carbonyl (C=O) groups is 1. The normalized spacial score (nSPS) is 20.3. The third-order valence-electron chi connectivity index (χ3n) is 2.90. The van der Waals surface area contributed by atoms with Gasteiger partial charge in [-0.3, -0.25) is 4.79 Å². The SMILES string of the molecule is C=C1C(=O)N(Cc2ccccc2)[C@@H]1CC. The highest BCUT2D eigenvalue weighted by Gasteiger charge is 2.38. The van der Waals surface area contributed by atoms with Crippen LogP contribution in [0.25, 0.3) is 0 Å². The number of amides is 1. The number of rotatable bonds is 3. The lowest BCUT2D eigenvalue weighted by Gasteiger charge is -2.42. The van der Waals surface area contributed by atoms with E-state index < -0.39 is 0 Å². The summed E-state index contributed by atoms with van der Waals surface area (Å²) in [4.78, 5) is 13.4. The van der Waals surface area contributed by atoms with Crippen molar-refractivity contribution in [2.45, 2.75) is 25.9 Å². The highest BCUT2D eigenvalue weighted by Crippen LogP contribution is 2.28. The van der Waals surface area contributed by atoms with Crippen LogP contribution in [0.15, 0.2) is 42.5 Å². The van der Waals surface area contributed by atoms with E-state index in [1.807, 2.05) is 35.2 Å². The highest BCUT2D eigenvalue weighted by molar-refractivity contribution is 6.01. The van der Waals surface area contributed by atoms with Crippen LogP contribution in [0.5, 0.6) is 0 Å². The summed E-state index contributed by atoms with van der Waals surface area (Å²) < 4.78 is 0. The number of hydrogen-bond donors (Lipinski definition) is 0. The second kappa shape index (κ2) is 3.89. The molecule has 0 radical (unpaired) electrons. The minimum atomic E-state index is 0.103. The molecule has 1 heterocycles. The minimum absolute atomic E-state index is 0.103. The van der Waals surface area contributed by atoms with Gasteiger partial charge in [0.25, 0.3) is 5.91 Å². The fourth-order valence-corrected chi connectivity index (χ4v) is 2.02. The smallest absolute Gasteiger partial charge is 0.252 e. The molecule has 0 bridgehead atoms. The van der Waals surface area contributed by atoms with Crippen molar-refractivity contribution in [3.63, 3.8) is 0 Å². The van der Waals surface area contributed by atoms with E-state index >= 15 is 0 Å². The molecule has 0 unspecified atom stereocenters. The van der Waals surface area contributed by atoms with Crippen molar-refractivity contribution in [2.75, 3.05) is 0 Å². The lowest BCUT2D eigenvalue weighted by molar-refractivity contribution is -0.137. The molecule has 0 saturated carbocycles. The van der Waals surface area contributed by atoms with Crippen LogP contribution in [0.3, 0.4) is 0 Å². The van der Waals surface area contributed by atoms with Crippen LogP contribution in [0, 0.1) is 0 Å². The topological polar surface area (TPSA) is 20.3 Å². The van der Waals surface area contributed by atoms with E-state index in [9.17, 15) is 4.79 Å². The summed E-state index contributed by atoms with van der Waals surface area (Å²) in [5.41, 5.74) is 1.94. The van der Waals surface area contributed by atoms with Crippen LogP contribution < -0.4 is 0 Å². The van der Waals surface area contributed by atoms with Gasteiger partial charge >= 0.3 is 0 Å². The molecule has 2 heteroatoms. The fraction of sp³-hybridized carbons (Fsp3) is 0.308. The molecule has 2 nitrogen and oxygen atoms in total. The van der Waals surface area contributed by atoms with E-state index in [0.717, 1.165) is 12.0 Å². The molecule has 0 aliphatic carbocycles. The average molecular weight is 201 g/mol. The molecule has 1 fully saturated rings. The quantitative estimate of drug-likeness (QED) is 0.543. The predicted molar refractivity (Wildman–Crippen MR) is 60.2 cm³/mol. The zero-order valence-electron chi connectivity index (χ0n) is 8.94. The van der Waals surface area contributed by atoms with Crippen molar-refractivity contribution in [1.29, 1.82) is 0 Å². The molecule has 1 saturated heterocycles. The zero-order chi connectivity index (χ0) is 10.8. The molecule has 1 aliphatic rings. The Morgan fingerprint density at radius 3 is 2.60 bits per heavy atom. The number of nitrogens with zero attached hydrogens (tertiary/aromatic N) is 1. The Balaban J connectivity index is 2.07. The third-order valence-corrected chi connectivity index (χ3v) is 2.90. The van der Waals surface area contributed by atoms with E-state index in [1.54, 1.807) is 0 Å². The van der Waals surface area contributed by atoms with E-state index in [4.69, 9.17) is 0 Å².